The molecule has 2 rings (SSSR count). The molecule has 2 nitrogen and oxygen atoms in total. The van der Waals surface area contributed by atoms with Crippen molar-refractivity contribution in [3.63, 3.8) is 0 Å². The van der Waals surface area contributed by atoms with Gasteiger partial charge in [0.2, 0.25) is 0 Å². The maximum absolute atomic E-state index is 8.09. The number of rotatable bonds is 2. The lowest BCUT2D eigenvalue weighted by atomic mass is 9.94. The van der Waals surface area contributed by atoms with Crippen LogP contribution in [-0.2, 0) is 0 Å². The van der Waals surface area contributed by atoms with E-state index >= 15 is 0 Å². The van der Waals surface area contributed by atoms with Crippen LogP contribution >= 0.6 is 0 Å². The summed E-state index contributed by atoms with van der Waals surface area (Å²) < 4.78 is 0. The van der Waals surface area contributed by atoms with E-state index in [0.29, 0.717) is 5.92 Å². The third-order valence-electron chi connectivity index (χ3n) is 3.01. The number of hydrogen-bond acceptors (Lipinski definition) is 2. The molecule has 0 atom stereocenters. The molecule has 0 saturated heterocycles. The van der Waals surface area contributed by atoms with E-state index in [9.17, 15) is 0 Å². The first-order valence-corrected chi connectivity index (χ1v) is 5.22. The highest BCUT2D eigenvalue weighted by Gasteiger charge is 2.21. The Morgan fingerprint density at radius 1 is 1.21 bits per heavy atom. The van der Waals surface area contributed by atoms with Crippen molar-refractivity contribution in [2.24, 2.45) is 5.92 Å². The van der Waals surface area contributed by atoms with E-state index in [1.54, 1.807) is 0 Å². The molecule has 1 fully saturated rings. The molecular weight excluding hydrogens is 172 g/mol. The van der Waals surface area contributed by atoms with Crippen LogP contribution in [0.5, 0.6) is 0 Å². The number of hydrogen-bond donors (Lipinski definition) is 2. The molecule has 1 aliphatic carbocycles. The summed E-state index contributed by atoms with van der Waals surface area (Å²) in [6.45, 7) is 0. The number of nitrogens with one attached hydrogen (secondary N) is 1. The summed E-state index contributed by atoms with van der Waals surface area (Å²) in [4.78, 5) is 0. The standard InChI is InChI=1S/C12H16N2/c13-11-8-4-3-7-10(11)12(14)9-5-1-2-6-9/h3-4,7-9,14H,1-2,5-6,13H2. The van der Waals surface area contributed by atoms with Gasteiger partial charge in [0.15, 0.2) is 0 Å². The lowest BCUT2D eigenvalue weighted by molar-refractivity contribution is 0.725. The molecule has 1 aliphatic rings. The van der Waals surface area contributed by atoms with E-state index in [1.165, 1.54) is 12.8 Å². The van der Waals surface area contributed by atoms with Gasteiger partial charge < -0.3 is 11.1 Å². The van der Waals surface area contributed by atoms with Crippen molar-refractivity contribution < 1.29 is 0 Å². The fraction of sp³-hybridized carbons (Fsp3) is 0.417. The monoisotopic (exact) mass is 188 g/mol. The minimum atomic E-state index is 0.444. The van der Waals surface area contributed by atoms with Crippen LogP contribution in [0, 0.1) is 11.3 Å². The molecule has 0 radical (unpaired) electrons. The number of para-hydroxylation sites is 1. The first kappa shape index (κ1) is 9.25. The predicted octanol–water partition coefficient (Wildman–Crippen LogP) is 2.83. The van der Waals surface area contributed by atoms with Crippen LogP contribution < -0.4 is 5.73 Å². The molecule has 0 amide bonds. The average molecular weight is 188 g/mol. The maximum atomic E-state index is 8.09. The lowest BCUT2D eigenvalue weighted by Crippen LogP contribution is -2.12. The van der Waals surface area contributed by atoms with Crippen LogP contribution in [0.3, 0.4) is 0 Å². The first-order chi connectivity index (χ1) is 6.79. The van der Waals surface area contributed by atoms with Gasteiger partial charge in [0, 0.05) is 22.9 Å². The zero-order valence-electron chi connectivity index (χ0n) is 8.29. The van der Waals surface area contributed by atoms with Gasteiger partial charge in [-0.25, -0.2) is 0 Å². The highest BCUT2D eigenvalue weighted by molar-refractivity contribution is 6.04. The highest BCUT2D eigenvalue weighted by atomic mass is 14.6. The van der Waals surface area contributed by atoms with Crippen LogP contribution in [0.1, 0.15) is 31.2 Å². The van der Waals surface area contributed by atoms with Crippen LogP contribution in [0.15, 0.2) is 24.3 Å². The average Bonchev–Trinajstić information content (AvgIpc) is 2.70. The van der Waals surface area contributed by atoms with Gasteiger partial charge in [-0.05, 0) is 18.9 Å². The zero-order chi connectivity index (χ0) is 9.97. The van der Waals surface area contributed by atoms with Gasteiger partial charge >= 0.3 is 0 Å². The van der Waals surface area contributed by atoms with Crippen LogP contribution in [0.25, 0.3) is 0 Å². The topological polar surface area (TPSA) is 49.9 Å². The molecule has 0 heterocycles. The maximum Gasteiger partial charge on any atom is 0.0437 e. The lowest BCUT2D eigenvalue weighted by Gasteiger charge is -2.12. The Kier molecular flexibility index (Phi) is 2.53. The molecule has 74 valence electrons. The van der Waals surface area contributed by atoms with E-state index in [4.69, 9.17) is 11.1 Å². The molecule has 0 bridgehead atoms. The summed E-state index contributed by atoms with van der Waals surface area (Å²) in [5.74, 6) is 0.444. The molecule has 1 aromatic carbocycles. The Balaban J connectivity index is 2.22. The van der Waals surface area contributed by atoms with Crippen LogP contribution in [0.2, 0.25) is 0 Å². The summed E-state index contributed by atoms with van der Waals surface area (Å²) >= 11 is 0. The third kappa shape index (κ3) is 1.65. The minimum Gasteiger partial charge on any atom is -0.398 e. The van der Waals surface area contributed by atoms with Gasteiger partial charge in [-0.3, -0.25) is 0 Å². The molecule has 2 heteroatoms. The Bertz CT molecular complexity index is 338. The van der Waals surface area contributed by atoms with Crippen molar-refractivity contribution in [2.45, 2.75) is 25.7 Å². The van der Waals surface area contributed by atoms with Gasteiger partial charge in [0.05, 0.1) is 0 Å². The summed E-state index contributed by atoms with van der Waals surface area (Å²) in [6.07, 6.45) is 4.85. The fourth-order valence-corrected chi connectivity index (χ4v) is 2.18. The molecule has 0 aromatic heterocycles. The fourth-order valence-electron chi connectivity index (χ4n) is 2.18. The number of benzene rings is 1. The molecule has 14 heavy (non-hydrogen) atoms. The summed E-state index contributed by atoms with van der Waals surface area (Å²) in [7, 11) is 0. The van der Waals surface area contributed by atoms with E-state index < -0.39 is 0 Å². The van der Waals surface area contributed by atoms with Crippen LogP contribution in [-0.4, -0.2) is 5.71 Å². The van der Waals surface area contributed by atoms with Crippen molar-refractivity contribution in [3.05, 3.63) is 29.8 Å². The van der Waals surface area contributed by atoms with Gasteiger partial charge in [0.1, 0.15) is 0 Å². The van der Waals surface area contributed by atoms with Crippen molar-refractivity contribution in [1.29, 1.82) is 5.41 Å². The van der Waals surface area contributed by atoms with Gasteiger partial charge in [-0.15, -0.1) is 0 Å². The second-order valence-corrected chi connectivity index (χ2v) is 3.98. The van der Waals surface area contributed by atoms with Crippen molar-refractivity contribution in [3.8, 4) is 0 Å². The largest absolute Gasteiger partial charge is 0.398 e. The van der Waals surface area contributed by atoms with E-state index in [2.05, 4.69) is 0 Å². The van der Waals surface area contributed by atoms with Crippen LogP contribution in [0.4, 0.5) is 5.69 Å². The quantitative estimate of drug-likeness (QED) is 0.544. The number of nitrogen functional groups attached to an aromatic ring is 1. The third-order valence-corrected chi connectivity index (χ3v) is 3.01. The Labute approximate surface area is 84.6 Å². The predicted molar refractivity (Wildman–Crippen MR) is 59.6 cm³/mol. The van der Waals surface area contributed by atoms with Gasteiger partial charge in [-0.2, -0.15) is 0 Å². The molecule has 0 spiro atoms. The van der Waals surface area contributed by atoms with Gasteiger partial charge in [-0.1, -0.05) is 31.0 Å². The Morgan fingerprint density at radius 2 is 1.86 bits per heavy atom. The molecule has 1 saturated carbocycles. The van der Waals surface area contributed by atoms with Crippen molar-refractivity contribution in [2.75, 3.05) is 5.73 Å². The molecule has 0 unspecified atom stereocenters. The molecule has 0 aliphatic heterocycles. The smallest absolute Gasteiger partial charge is 0.0437 e. The van der Waals surface area contributed by atoms with E-state index in [-0.39, 0.29) is 0 Å². The number of nitrogens with two attached hydrogens (primary N) is 1. The van der Waals surface area contributed by atoms with E-state index in [1.807, 2.05) is 24.3 Å². The summed E-state index contributed by atoms with van der Waals surface area (Å²) in [5.41, 5.74) is 8.26. The van der Waals surface area contributed by atoms with Crippen molar-refractivity contribution >= 4 is 11.4 Å². The highest BCUT2D eigenvalue weighted by Crippen LogP contribution is 2.29. The molecule has 1 aromatic rings. The Morgan fingerprint density at radius 3 is 2.50 bits per heavy atom. The number of anilines is 1. The first-order valence-electron chi connectivity index (χ1n) is 5.22. The summed E-state index contributed by atoms with van der Waals surface area (Å²) in [6, 6.07) is 7.70. The normalized spacial score (nSPS) is 17.1. The van der Waals surface area contributed by atoms with Gasteiger partial charge in [0.25, 0.3) is 0 Å². The molecular formula is C12H16N2. The SMILES string of the molecule is N=C(c1ccccc1N)C1CCCC1. The second-order valence-electron chi connectivity index (χ2n) is 3.98. The Hall–Kier alpha value is -1.31. The van der Waals surface area contributed by atoms with E-state index in [0.717, 1.165) is 29.8 Å². The summed E-state index contributed by atoms with van der Waals surface area (Å²) in [5, 5.41) is 8.09. The van der Waals surface area contributed by atoms with Crippen molar-refractivity contribution in [1.82, 2.24) is 0 Å². The minimum absolute atomic E-state index is 0.444. The molecule has 3 N–H and O–H groups in total. The zero-order valence-corrected chi connectivity index (χ0v) is 8.29. The second kappa shape index (κ2) is 3.82.